The summed E-state index contributed by atoms with van der Waals surface area (Å²) in [6.07, 6.45) is 1.34. The summed E-state index contributed by atoms with van der Waals surface area (Å²) in [7, 11) is 0. The summed E-state index contributed by atoms with van der Waals surface area (Å²) in [5, 5.41) is 7.06. The molecule has 2 saturated heterocycles. The largest absolute Gasteiger partial charge is 0.315 e. The van der Waals surface area contributed by atoms with Crippen molar-refractivity contribution in [1.29, 1.82) is 0 Å². The summed E-state index contributed by atoms with van der Waals surface area (Å²) in [6, 6.07) is 1.50. The van der Waals surface area contributed by atoms with Gasteiger partial charge in [-0.3, -0.25) is 4.90 Å². The van der Waals surface area contributed by atoms with Gasteiger partial charge in [0.05, 0.1) is 0 Å². The predicted octanol–water partition coefficient (Wildman–Crippen LogP) is 0.278. The number of piperazine rings is 1. The van der Waals surface area contributed by atoms with Crippen molar-refractivity contribution >= 4 is 0 Å². The molecular weight excluding hydrogens is 174 g/mol. The molecule has 14 heavy (non-hydrogen) atoms. The highest BCUT2D eigenvalue weighted by Gasteiger charge is 2.28. The second kappa shape index (κ2) is 4.60. The van der Waals surface area contributed by atoms with Gasteiger partial charge in [-0.25, -0.2) is 0 Å². The van der Waals surface area contributed by atoms with Crippen molar-refractivity contribution in [3.05, 3.63) is 0 Å². The third kappa shape index (κ3) is 2.27. The molecule has 0 aromatic heterocycles. The molecule has 2 atom stereocenters. The standard InChI is InChI=1S/C11H23N3/c1-9(2)11-8-14(6-5-13-11)10-3-4-12-7-10/h9-13H,3-8H2,1-2H3. The average molecular weight is 197 g/mol. The minimum Gasteiger partial charge on any atom is -0.315 e. The fourth-order valence-electron chi connectivity index (χ4n) is 2.53. The molecule has 82 valence electrons. The molecule has 0 saturated carbocycles. The van der Waals surface area contributed by atoms with Crippen LogP contribution in [0.25, 0.3) is 0 Å². The zero-order chi connectivity index (χ0) is 9.97. The minimum absolute atomic E-state index is 0.698. The Bertz CT molecular complexity index is 175. The van der Waals surface area contributed by atoms with E-state index in [0.29, 0.717) is 6.04 Å². The van der Waals surface area contributed by atoms with Crippen LogP contribution in [0, 0.1) is 5.92 Å². The molecule has 3 nitrogen and oxygen atoms in total. The smallest absolute Gasteiger partial charge is 0.0233 e. The van der Waals surface area contributed by atoms with E-state index in [-0.39, 0.29) is 0 Å². The van der Waals surface area contributed by atoms with Crippen LogP contribution in [0.3, 0.4) is 0 Å². The average Bonchev–Trinajstić information content (AvgIpc) is 2.71. The van der Waals surface area contributed by atoms with Crippen molar-refractivity contribution in [2.75, 3.05) is 32.7 Å². The monoisotopic (exact) mass is 197 g/mol. The Kier molecular flexibility index (Phi) is 3.42. The molecule has 3 heteroatoms. The van der Waals surface area contributed by atoms with Crippen LogP contribution in [0.15, 0.2) is 0 Å². The van der Waals surface area contributed by atoms with Crippen LogP contribution in [-0.2, 0) is 0 Å². The first-order valence-electron chi connectivity index (χ1n) is 5.95. The molecule has 0 aliphatic carbocycles. The summed E-state index contributed by atoms with van der Waals surface area (Å²) in [6.45, 7) is 10.7. The van der Waals surface area contributed by atoms with Gasteiger partial charge in [-0.15, -0.1) is 0 Å². The van der Waals surface area contributed by atoms with E-state index < -0.39 is 0 Å². The lowest BCUT2D eigenvalue weighted by Crippen LogP contribution is -2.56. The minimum atomic E-state index is 0.698. The van der Waals surface area contributed by atoms with E-state index >= 15 is 0 Å². The van der Waals surface area contributed by atoms with E-state index in [0.717, 1.165) is 12.0 Å². The summed E-state index contributed by atoms with van der Waals surface area (Å²) >= 11 is 0. The number of hydrogen-bond donors (Lipinski definition) is 2. The van der Waals surface area contributed by atoms with Gasteiger partial charge in [0, 0.05) is 38.3 Å². The summed E-state index contributed by atoms with van der Waals surface area (Å²) in [5.41, 5.74) is 0. The molecule has 2 aliphatic rings. The molecule has 2 rings (SSSR count). The highest BCUT2D eigenvalue weighted by Crippen LogP contribution is 2.14. The van der Waals surface area contributed by atoms with Gasteiger partial charge in [0.1, 0.15) is 0 Å². The highest BCUT2D eigenvalue weighted by atomic mass is 15.2. The van der Waals surface area contributed by atoms with Crippen LogP contribution < -0.4 is 10.6 Å². The highest BCUT2D eigenvalue weighted by molar-refractivity contribution is 4.88. The van der Waals surface area contributed by atoms with Crippen molar-refractivity contribution in [3.63, 3.8) is 0 Å². The van der Waals surface area contributed by atoms with Crippen molar-refractivity contribution in [2.24, 2.45) is 5.92 Å². The van der Waals surface area contributed by atoms with Crippen molar-refractivity contribution in [2.45, 2.75) is 32.4 Å². The van der Waals surface area contributed by atoms with Gasteiger partial charge in [-0.05, 0) is 18.9 Å². The maximum absolute atomic E-state index is 3.61. The second-order valence-corrected chi connectivity index (χ2v) is 4.95. The Labute approximate surface area is 87.2 Å². The lowest BCUT2D eigenvalue weighted by Gasteiger charge is -2.38. The van der Waals surface area contributed by atoms with Crippen molar-refractivity contribution in [3.8, 4) is 0 Å². The van der Waals surface area contributed by atoms with Crippen LogP contribution >= 0.6 is 0 Å². The molecule has 2 unspecified atom stereocenters. The second-order valence-electron chi connectivity index (χ2n) is 4.95. The van der Waals surface area contributed by atoms with Gasteiger partial charge in [0.2, 0.25) is 0 Å². The quantitative estimate of drug-likeness (QED) is 0.666. The lowest BCUT2D eigenvalue weighted by molar-refractivity contribution is 0.134. The van der Waals surface area contributed by atoms with E-state index in [1.165, 1.54) is 39.1 Å². The normalized spacial score (nSPS) is 35.4. The van der Waals surface area contributed by atoms with Crippen molar-refractivity contribution < 1.29 is 0 Å². The summed E-state index contributed by atoms with van der Waals surface area (Å²) in [5.74, 6) is 0.757. The SMILES string of the molecule is CC(C)C1CN(C2CCNC2)CCN1. The topological polar surface area (TPSA) is 27.3 Å². The van der Waals surface area contributed by atoms with E-state index in [2.05, 4.69) is 29.4 Å². The molecule has 0 radical (unpaired) electrons. The van der Waals surface area contributed by atoms with E-state index in [1.54, 1.807) is 0 Å². The summed E-state index contributed by atoms with van der Waals surface area (Å²) in [4.78, 5) is 2.67. The van der Waals surface area contributed by atoms with Gasteiger partial charge >= 0.3 is 0 Å². The molecule has 0 aromatic rings. The summed E-state index contributed by atoms with van der Waals surface area (Å²) < 4.78 is 0. The molecule has 0 spiro atoms. The number of rotatable bonds is 2. The molecule has 2 N–H and O–H groups in total. The Morgan fingerprint density at radius 3 is 2.79 bits per heavy atom. The first kappa shape index (κ1) is 10.4. The Balaban J connectivity index is 1.86. The number of nitrogens with zero attached hydrogens (tertiary/aromatic N) is 1. The molecule has 2 aliphatic heterocycles. The molecule has 0 aromatic carbocycles. The Morgan fingerprint density at radius 2 is 2.14 bits per heavy atom. The van der Waals surface area contributed by atoms with Gasteiger partial charge in [0.25, 0.3) is 0 Å². The number of hydrogen-bond acceptors (Lipinski definition) is 3. The first-order chi connectivity index (χ1) is 6.77. The van der Waals surface area contributed by atoms with Crippen LogP contribution in [0.2, 0.25) is 0 Å². The Hall–Kier alpha value is -0.120. The fraction of sp³-hybridized carbons (Fsp3) is 1.00. The maximum Gasteiger partial charge on any atom is 0.0233 e. The maximum atomic E-state index is 3.61. The zero-order valence-electron chi connectivity index (χ0n) is 9.42. The predicted molar refractivity (Wildman–Crippen MR) is 59.5 cm³/mol. The van der Waals surface area contributed by atoms with Gasteiger partial charge in [0.15, 0.2) is 0 Å². The van der Waals surface area contributed by atoms with Crippen LogP contribution in [0.4, 0.5) is 0 Å². The molecule has 2 fully saturated rings. The lowest BCUT2D eigenvalue weighted by atomic mass is 10.0. The van der Waals surface area contributed by atoms with Crippen LogP contribution in [-0.4, -0.2) is 49.7 Å². The van der Waals surface area contributed by atoms with E-state index in [9.17, 15) is 0 Å². The Morgan fingerprint density at radius 1 is 1.29 bits per heavy atom. The fourth-order valence-corrected chi connectivity index (χ4v) is 2.53. The molecular formula is C11H23N3. The zero-order valence-corrected chi connectivity index (χ0v) is 9.42. The molecule has 0 bridgehead atoms. The molecule has 0 amide bonds. The molecule has 2 heterocycles. The van der Waals surface area contributed by atoms with Crippen molar-refractivity contribution in [1.82, 2.24) is 15.5 Å². The third-order valence-corrected chi connectivity index (χ3v) is 3.59. The van der Waals surface area contributed by atoms with Gasteiger partial charge in [-0.1, -0.05) is 13.8 Å². The number of nitrogens with one attached hydrogen (secondary N) is 2. The van der Waals surface area contributed by atoms with E-state index in [1.807, 2.05) is 0 Å². The first-order valence-corrected chi connectivity index (χ1v) is 5.95. The van der Waals surface area contributed by atoms with Gasteiger partial charge in [-0.2, -0.15) is 0 Å². The van der Waals surface area contributed by atoms with Crippen LogP contribution in [0.1, 0.15) is 20.3 Å². The van der Waals surface area contributed by atoms with Crippen LogP contribution in [0.5, 0.6) is 0 Å². The third-order valence-electron chi connectivity index (χ3n) is 3.59. The van der Waals surface area contributed by atoms with Gasteiger partial charge < -0.3 is 10.6 Å². The van der Waals surface area contributed by atoms with E-state index in [4.69, 9.17) is 0 Å².